The fraction of sp³-hybridized carbons (Fsp3) is 0.609. The Morgan fingerprint density at radius 3 is 2.69 bits per heavy atom. The van der Waals surface area contributed by atoms with Gasteiger partial charge in [0.15, 0.2) is 0 Å². The zero-order valence-electron chi connectivity index (χ0n) is 18.8. The Kier molecular flexibility index (Phi) is 7.02. The molecule has 0 aromatic carbocycles. The van der Waals surface area contributed by atoms with Gasteiger partial charge in [-0.1, -0.05) is 12.1 Å². The number of carbonyl (C=O) groups excluding carboxylic acids is 2. The first-order chi connectivity index (χ1) is 15.6. The van der Waals surface area contributed by atoms with Crippen molar-refractivity contribution in [2.24, 2.45) is 11.8 Å². The molecular formula is C23H31N5O4. The minimum atomic E-state index is -0.140. The van der Waals surface area contributed by atoms with E-state index in [4.69, 9.17) is 9.26 Å². The lowest BCUT2D eigenvalue weighted by molar-refractivity contribution is -0.151. The van der Waals surface area contributed by atoms with E-state index in [1.807, 2.05) is 30.9 Å². The summed E-state index contributed by atoms with van der Waals surface area (Å²) in [5.41, 5.74) is 0.819. The number of amides is 1. The number of rotatable bonds is 6. The highest BCUT2D eigenvalue weighted by Gasteiger charge is 2.34. The van der Waals surface area contributed by atoms with Gasteiger partial charge in [0.2, 0.25) is 17.6 Å². The molecule has 1 amide bonds. The number of aromatic nitrogens is 3. The molecule has 0 N–H and O–H groups in total. The van der Waals surface area contributed by atoms with E-state index >= 15 is 0 Å². The molecule has 2 fully saturated rings. The molecule has 9 heteroatoms. The molecule has 0 spiro atoms. The molecular weight excluding hydrogens is 410 g/mol. The number of hydrogen-bond acceptors (Lipinski definition) is 8. The molecule has 32 heavy (non-hydrogen) atoms. The molecule has 2 aromatic rings. The average Bonchev–Trinajstić information content (AvgIpc) is 3.33. The first kappa shape index (κ1) is 22.2. The smallest absolute Gasteiger partial charge is 0.309 e. The van der Waals surface area contributed by atoms with Gasteiger partial charge in [-0.05, 0) is 44.7 Å². The summed E-state index contributed by atoms with van der Waals surface area (Å²) in [7, 11) is 0. The van der Waals surface area contributed by atoms with Gasteiger partial charge in [-0.15, -0.1) is 0 Å². The van der Waals surface area contributed by atoms with Crippen molar-refractivity contribution in [3.63, 3.8) is 0 Å². The molecule has 0 unspecified atom stereocenters. The third-order valence-corrected chi connectivity index (χ3v) is 6.29. The van der Waals surface area contributed by atoms with Crippen LogP contribution < -0.4 is 4.90 Å². The predicted octanol–water partition coefficient (Wildman–Crippen LogP) is 2.71. The van der Waals surface area contributed by atoms with Crippen LogP contribution in [0.2, 0.25) is 0 Å². The second kappa shape index (κ2) is 10.1. The number of likely N-dealkylation sites (tertiary alicyclic amines) is 1. The summed E-state index contributed by atoms with van der Waals surface area (Å²) in [6, 6.07) is 3.80. The fourth-order valence-corrected chi connectivity index (χ4v) is 4.56. The van der Waals surface area contributed by atoms with Crippen LogP contribution >= 0.6 is 0 Å². The van der Waals surface area contributed by atoms with E-state index in [9.17, 15) is 9.59 Å². The molecule has 0 bridgehead atoms. The lowest BCUT2D eigenvalue weighted by atomic mass is 9.92. The van der Waals surface area contributed by atoms with Crippen LogP contribution in [0.25, 0.3) is 11.4 Å². The SMILES string of the molecule is CCOC(=O)C1CCN(C(=O)[C@@H]2CCCN(c3ncccc3-c3noc(CC)n3)C2)CC1. The summed E-state index contributed by atoms with van der Waals surface area (Å²) in [5, 5.41) is 4.11. The van der Waals surface area contributed by atoms with Crippen LogP contribution in [0.3, 0.4) is 0 Å². The number of aryl methyl sites for hydroxylation is 1. The Labute approximate surface area is 188 Å². The fourth-order valence-electron chi connectivity index (χ4n) is 4.56. The molecule has 9 nitrogen and oxygen atoms in total. The number of ether oxygens (including phenoxy) is 1. The maximum absolute atomic E-state index is 13.3. The predicted molar refractivity (Wildman–Crippen MR) is 118 cm³/mol. The standard InChI is InChI=1S/C23H31N5O4/c1-3-19-25-20(26-32-19)18-8-5-11-24-21(18)28-12-6-7-17(15-28)22(29)27-13-9-16(10-14-27)23(30)31-4-2/h5,8,11,16-17H,3-4,6-7,9-10,12-15H2,1-2H3/t17-/m1/s1. The van der Waals surface area contributed by atoms with Crippen LogP contribution in [0.4, 0.5) is 5.82 Å². The molecule has 4 rings (SSSR count). The van der Waals surface area contributed by atoms with Gasteiger partial charge in [-0.3, -0.25) is 9.59 Å². The first-order valence-electron chi connectivity index (χ1n) is 11.6. The number of nitrogens with zero attached hydrogens (tertiary/aromatic N) is 5. The van der Waals surface area contributed by atoms with Gasteiger partial charge in [0, 0.05) is 38.8 Å². The largest absolute Gasteiger partial charge is 0.466 e. The Bertz CT molecular complexity index is 938. The number of anilines is 1. The van der Waals surface area contributed by atoms with E-state index in [2.05, 4.69) is 20.0 Å². The van der Waals surface area contributed by atoms with Crippen LogP contribution in [-0.2, 0) is 20.7 Å². The summed E-state index contributed by atoms with van der Waals surface area (Å²) < 4.78 is 10.4. The summed E-state index contributed by atoms with van der Waals surface area (Å²) in [5.74, 6) is 1.75. The van der Waals surface area contributed by atoms with Crippen molar-refractivity contribution < 1.29 is 18.8 Å². The van der Waals surface area contributed by atoms with Crippen molar-refractivity contribution in [1.82, 2.24) is 20.0 Å². The third kappa shape index (κ3) is 4.76. The first-order valence-corrected chi connectivity index (χ1v) is 11.6. The molecule has 2 aromatic heterocycles. The minimum Gasteiger partial charge on any atom is -0.466 e. The highest BCUT2D eigenvalue weighted by Crippen LogP contribution is 2.31. The highest BCUT2D eigenvalue weighted by atomic mass is 16.5. The molecule has 0 aliphatic carbocycles. The zero-order chi connectivity index (χ0) is 22.5. The molecule has 2 saturated heterocycles. The maximum atomic E-state index is 13.3. The zero-order valence-corrected chi connectivity index (χ0v) is 18.8. The van der Waals surface area contributed by atoms with E-state index in [1.54, 1.807) is 6.20 Å². The van der Waals surface area contributed by atoms with Crippen molar-refractivity contribution in [2.45, 2.75) is 46.0 Å². The van der Waals surface area contributed by atoms with Gasteiger partial charge in [-0.2, -0.15) is 4.98 Å². The van der Waals surface area contributed by atoms with E-state index < -0.39 is 0 Å². The second-order valence-corrected chi connectivity index (χ2v) is 8.38. The van der Waals surface area contributed by atoms with Gasteiger partial charge in [-0.25, -0.2) is 4.98 Å². The molecule has 172 valence electrons. The molecule has 4 heterocycles. The van der Waals surface area contributed by atoms with Gasteiger partial charge in [0.1, 0.15) is 5.82 Å². The maximum Gasteiger partial charge on any atom is 0.309 e. The van der Waals surface area contributed by atoms with Crippen LogP contribution in [-0.4, -0.2) is 64.7 Å². The summed E-state index contributed by atoms with van der Waals surface area (Å²) in [4.78, 5) is 38.4. The molecule has 2 aliphatic heterocycles. The minimum absolute atomic E-state index is 0.0887. The monoisotopic (exact) mass is 441 g/mol. The van der Waals surface area contributed by atoms with E-state index in [0.717, 1.165) is 30.8 Å². The van der Waals surface area contributed by atoms with Crippen molar-refractivity contribution in [3.8, 4) is 11.4 Å². The summed E-state index contributed by atoms with van der Waals surface area (Å²) in [6.45, 7) is 6.84. The average molecular weight is 442 g/mol. The highest BCUT2D eigenvalue weighted by molar-refractivity contribution is 5.81. The molecule has 2 aliphatic rings. The van der Waals surface area contributed by atoms with E-state index in [0.29, 0.717) is 57.2 Å². The lowest BCUT2D eigenvalue weighted by Crippen LogP contribution is -2.48. The number of hydrogen-bond donors (Lipinski definition) is 0. The van der Waals surface area contributed by atoms with Crippen molar-refractivity contribution in [2.75, 3.05) is 37.7 Å². The molecule has 0 radical (unpaired) electrons. The second-order valence-electron chi connectivity index (χ2n) is 8.38. The Balaban J connectivity index is 1.42. The third-order valence-electron chi connectivity index (χ3n) is 6.29. The van der Waals surface area contributed by atoms with E-state index in [-0.39, 0.29) is 23.7 Å². The molecule has 0 saturated carbocycles. The Hall–Kier alpha value is -2.97. The van der Waals surface area contributed by atoms with E-state index in [1.165, 1.54) is 0 Å². The van der Waals surface area contributed by atoms with Crippen molar-refractivity contribution in [1.29, 1.82) is 0 Å². The number of pyridine rings is 1. The van der Waals surface area contributed by atoms with Crippen LogP contribution in [0, 0.1) is 11.8 Å². The lowest BCUT2D eigenvalue weighted by Gasteiger charge is -2.38. The van der Waals surface area contributed by atoms with Crippen molar-refractivity contribution >= 4 is 17.7 Å². The topological polar surface area (TPSA) is 102 Å². The molecule has 1 atom stereocenters. The number of esters is 1. The van der Waals surface area contributed by atoms with Gasteiger partial charge >= 0.3 is 5.97 Å². The van der Waals surface area contributed by atoms with Crippen molar-refractivity contribution in [3.05, 3.63) is 24.2 Å². The Morgan fingerprint density at radius 1 is 1.16 bits per heavy atom. The van der Waals surface area contributed by atoms with Gasteiger partial charge in [0.25, 0.3) is 0 Å². The van der Waals surface area contributed by atoms with Crippen LogP contribution in [0.15, 0.2) is 22.9 Å². The summed E-state index contributed by atoms with van der Waals surface area (Å²) in [6.07, 6.45) is 5.54. The Morgan fingerprint density at radius 2 is 1.97 bits per heavy atom. The normalized spacial score (nSPS) is 19.8. The quantitative estimate of drug-likeness (QED) is 0.631. The van der Waals surface area contributed by atoms with Crippen LogP contribution in [0.5, 0.6) is 0 Å². The number of piperidine rings is 2. The number of carbonyl (C=O) groups is 2. The van der Waals surface area contributed by atoms with Gasteiger partial charge in [0.05, 0.1) is 24.0 Å². The van der Waals surface area contributed by atoms with Gasteiger partial charge < -0.3 is 19.1 Å². The van der Waals surface area contributed by atoms with Crippen LogP contribution in [0.1, 0.15) is 45.4 Å². The summed E-state index contributed by atoms with van der Waals surface area (Å²) >= 11 is 0.